The van der Waals surface area contributed by atoms with Crippen LogP contribution in [0.3, 0.4) is 0 Å². The molecule has 0 unspecified atom stereocenters. The van der Waals surface area contributed by atoms with Gasteiger partial charge in [0.2, 0.25) is 0 Å². The van der Waals surface area contributed by atoms with Gasteiger partial charge in [-0.1, -0.05) is 11.6 Å². The first kappa shape index (κ1) is 19.4. The molecule has 0 aromatic heterocycles. The molecule has 0 aliphatic carbocycles. The minimum absolute atomic E-state index is 0.0512. The number of halogens is 1. The summed E-state index contributed by atoms with van der Waals surface area (Å²) in [6.07, 6.45) is 0. The van der Waals surface area contributed by atoms with E-state index < -0.39 is 18.5 Å². The summed E-state index contributed by atoms with van der Waals surface area (Å²) in [5.41, 5.74) is -0.0512. The van der Waals surface area contributed by atoms with E-state index in [-0.39, 0.29) is 24.5 Å². The van der Waals surface area contributed by atoms with Crippen LogP contribution in [0.15, 0.2) is 42.5 Å². The predicted octanol–water partition coefficient (Wildman–Crippen LogP) is 2.41. The Morgan fingerprint density at radius 1 is 1.12 bits per heavy atom. The van der Waals surface area contributed by atoms with Crippen molar-refractivity contribution < 1.29 is 28.9 Å². The highest BCUT2D eigenvalue weighted by Gasteiger charge is 2.15. The topological polar surface area (TPSA) is 94.1 Å². The first-order valence-corrected chi connectivity index (χ1v) is 8.06. The van der Waals surface area contributed by atoms with E-state index in [9.17, 15) is 14.7 Å². The van der Waals surface area contributed by atoms with Gasteiger partial charge in [0, 0.05) is 11.1 Å². The molecule has 2 aromatic carbocycles. The van der Waals surface area contributed by atoms with E-state index in [0.29, 0.717) is 16.5 Å². The summed E-state index contributed by atoms with van der Waals surface area (Å²) in [5, 5.41) is 12.9. The average molecular weight is 380 g/mol. The van der Waals surface area contributed by atoms with Crippen molar-refractivity contribution in [2.75, 3.05) is 26.9 Å². The normalized spacial score (nSPS) is 10.1. The van der Waals surface area contributed by atoms with Crippen LogP contribution in [0.1, 0.15) is 10.4 Å². The van der Waals surface area contributed by atoms with Crippen molar-refractivity contribution in [1.29, 1.82) is 0 Å². The molecular formula is C18H18ClNO6. The molecule has 26 heavy (non-hydrogen) atoms. The fourth-order valence-corrected chi connectivity index (χ4v) is 2.09. The Kier molecular flexibility index (Phi) is 7.11. The number of esters is 1. The summed E-state index contributed by atoms with van der Waals surface area (Å²) >= 11 is 5.77. The van der Waals surface area contributed by atoms with Gasteiger partial charge in [-0.15, -0.1) is 0 Å². The number of amides is 1. The van der Waals surface area contributed by atoms with Gasteiger partial charge in [-0.2, -0.15) is 0 Å². The molecule has 0 saturated carbocycles. The van der Waals surface area contributed by atoms with Crippen molar-refractivity contribution in [2.45, 2.75) is 0 Å². The fraction of sp³-hybridized carbons (Fsp3) is 0.222. The lowest BCUT2D eigenvalue weighted by molar-refractivity contribution is -0.124. The number of carbonyl (C=O) groups is 2. The first-order chi connectivity index (χ1) is 12.5. The van der Waals surface area contributed by atoms with E-state index in [4.69, 9.17) is 25.8 Å². The van der Waals surface area contributed by atoms with E-state index in [2.05, 4.69) is 5.32 Å². The number of hydrogen-bond donors (Lipinski definition) is 2. The number of rotatable bonds is 8. The van der Waals surface area contributed by atoms with Crippen molar-refractivity contribution >= 4 is 23.5 Å². The summed E-state index contributed by atoms with van der Waals surface area (Å²) in [6, 6.07) is 11.0. The summed E-state index contributed by atoms with van der Waals surface area (Å²) in [5.74, 6) is -0.544. The predicted molar refractivity (Wildman–Crippen MR) is 94.9 cm³/mol. The maximum Gasteiger partial charge on any atom is 0.342 e. The van der Waals surface area contributed by atoms with Crippen LogP contribution in [0.5, 0.6) is 17.2 Å². The standard InChI is InChI=1S/C18H18ClNO6/c1-24-14-6-7-15(16(21)10-14)18(23)26-11-17(22)20-8-9-25-13-4-2-12(19)3-5-13/h2-7,10,21H,8-9,11H2,1H3,(H,20,22). The molecule has 2 aromatic rings. The van der Waals surface area contributed by atoms with Crippen molar-refractivity contribution in [3.63, 3.8) is 0 Å². The molecule has 2 N–H and O–H groups in total. The van der Waals surface area contributed by atoms with E-state index >= 15 is 0 Å². The molecule has 8 heteroatoms. The van der Waals surface area contributed by atoms with Crippen molar-refractivity contribution in [3.8, 4) is 17.2 Å². The van der Waals surface area contributed by atoms with Crippen LogP contribution in [0, 0.1) is 0 Å². The van der Waals surface area contributed by atoms with Gasteiger partial charge >= 0.3 is 5.97 Å². The SMILES string of the molecule is COc1ccc(C(=O)OCC(=O)NCCOc2ccc(Cl)cc2)c(O)c1. The molecule has 0 heterocycles. The van der Waals surface area contributed by atoms with E-state index in [0.717, 1.165) is 0 Å². The number of aromatic hydroxyl groups is 1. The molecular weight excluding hydrogens is 362 g/mol. The highest BCUT2D eigenvalue weighted by molar-refractivity contribution is 6.30. The Labute approximate surface area is 155 Å². The van der Waals surface area contributed by atoms with Crippen LogP contribution in [0.2, 0.25) is 5.02 Å². The van der Waals surface area contributed by atoms with Crippen LogP contribution in [-0.4, -0.2) is 43.9 Å². The monoisotopic (exact) mass is 379 g/mol. The van der Waals surface area contributed by atoms with Crippen LogP contribution < -0.4 is 14.8 Å². The first-order valence-electron chi connectivity index (χ1n) is 7.69. The lowest BCUT2D eigenvalue weighted by Crippen LogP contribution is -2.32. The summed E-state index contributed by atoms with van der Waals surface area (Å²) in [7, 11) is 1.44. The zero-order valence-corrected chi connectivity index (χ0v) is 14.8. The van der Waals surface area contributed by atoms with E-state index in [1.807, 2.05) is 0 Å². The molecule has 0 atom stereocenters. The Bertz CT molecular complexity index is 763. The fourth-order valence-electron chi connectivity index (χ4n) is 1.96. The molecule has 0 fully saturated rings. The molecule has 2 rings (SSSR count). The minimum atomic E-state index is -0.808. The number of phenols is 1. The molecule has 0 spiro atoms. The van der Waals surface area contributed by atoms with Gasteiger partial charge in [-0.25, -0.2) is 4.79 Å². The van der Waals surface area contributed by atoms with Gasteiger partial charge < -0.3 is 24.6 Å². The lowest BCUT2D eigenvalue weighted by atomic mass is 10.2. The van der Waals surface area contributed by atoms with Gasteiger partial charge in [0.15, 0.2) is 6.61 Å². The van der Waals surface area contributed by atoms with Gasteiger partial charge in [0.25, 0.3) is 5.91 Å². The third-order valence-corrected chi connectivity index (χ3v) is 3.52. The highest BCUT2D eigenvalue weighted by atomic mass is 35.5. The second-order valence-corrected chi connectivity index (χ2v) is 5.55. The van der Waals surface area contributed by atoms with Gasteiger partial charge in [0.1, 0.15) is 29.4 Å². The summed E-state index contributed by atoms with van der Waals surface area (Å²) in [6.45, 7) is 0.0264. The maximum absolute atomic E-state index is 11.9. The van der Waals surface area contributed by atoms with Crippen LogP contribution in [0.4, 0.5) is 0 Å². The zero-order chi connectivity index (χ0) is 18.9. The number of ether oxygens (including phenoxy) is 3. The molecule has 0 saturated heterocycles. The molecule has 1 amide bonds. The zero-order valence-electron chi connectivity index (χ0n) is 14.0. The molecule has 0 radical (unpaired) electrons. The Morgan fingerprint density at radius 2 is 1.81 bits per heavy atom. The second-order valence-electron chi connectivity index (χ2n) is 5.11. The molecule has 0 bridgehead atoms. The number of methoxy groups -OCH3 is 1. The van der Waals surface area contributed by atoms with Crippen LogP contribution >= 0.6 is 11.6 Å². The molecule has 7 nitrogen and oxygen atoms in total. The lowest BCUT2D eigenvalue weighted by Gasteiger charge is -2.09. The quantitative estimate of drug-likeness (QED) is 0.540. The van der Waals surface area contributed by atoms with Crippen molar-refractivity contribution in [1.82, 2.24) is 5.32 Å². The van der Waals surface area contributed by atoms with E-state index in [1.165, 1.54) is 25.3 Å². The van der Waals surface area contributed by atoms with Gasteiger partial charge in [-0.3, -0.25) is 4.79 Å². The number of carbonyl (C=O) groups excluding carboxylic acids is 2. The number of benzene rings is 2. The molecule has 0 aliphatic rings. The Morgan fingerprint density at radius 3 is 2.46 bits per heavy atom. The molecule has 138 valence electrons. The minimum Gasteiger partial charge on any atom is -0.507 e. The third-order valence-electron chi connectivity index (χ3n) is 3.27. The highest BCUT2D eigenvalue weighted by Crippen LogP contribution is 2.23. The second kappa shape index (κ2) is 9.53. The van der Waals surface area contributed by atoms with Crippen LogP contribution in [0.25, 0.3) is 0 Å². The van der Waals surface area contributed by atoms with Gasteiger partial charge in [-0.05, 0) is 36.4 Å². The number of hydrogen-bond acceptors (Lipinski definition) is 6. The smallest absolute Gasteiger partial charge is 0.342 e. The Balaban J connectivity index is 1.69. The molecule has 0 aliphatic heterocycles. The summed E-state index contributed by atoms with van der Waals surface area (Å²) < 4.78 is 15.2. The van der Waals surface area contributed by atoms with Gasteiger partial charge in [0.05, 0.1) is 13.7 Å². The third kappa shape index (κ3) is 5.86. The Hall–Kier alpha value is -2.93. The largest absolute Gasteiger partial charge is 0.507 e. The van der Waals surface area contributed by atoms with Crippen molar-refractivity contribution in [2.24, 2.45) is 0 Å². The van der Waals surface area contributed by atoms with Crippen LogP contribution in [-0.2, 0) is 9.53 Å². The number of phenolic OH excluding ortho intramolecular Hbond substituents is 1. The van der Waals surface area contributed by atoms with Crippen molar-refractivity contribution in [3.05, 3.63) is 53.1 Å². The van der Waals surface area contributed by atoms with E-state index in [1.54, 1.807) is 24.3 Å². The average Bonchev–Trinajstić information content (AvgIpc) is 2.64. The number of nitrogens with one attached hydrogen (secondary N) is 1. The summed E-state index contributed by atoms with van der Waals surface area (Å²) in [4.78, 5) is 23.5. The maximum atomic E-state index is 11.9.